The van der Waals surface area contributed by atoms with E-state index in [1.807, 2.05) is 0 Å². The Balaban J connectivity index is 1.77. The first-order valence-electron chi connectivity index (χ1n) is 7.16. The highest BCUT2D eigenvalue weighted by molar-refractivity contribution is 4.90. The molecular formula is C14H27NO2. The van der Waals surface area contributed by atoms with Gasteiger partial charge in [-0.15, -0.1) is 0 Å². The average molecular weight is 241 g/mol. The summed E-state index contributed by atoms with van der Waals surface area (Å²) in [6.45, 7) is 9.40. The topological polar surface area (TPSA) is 30.5 Å². The highest BCUT2D eigenvalue weighted by atomic mass is 16.6. The van der Waals surface area contributed by atoms with E-state index < -0.39 is 0 Å². The summed E-state index contributed by atoms with van der Waals surface area (Å²) in [5.74, 6) is 1.61. The minimum Gasteiger partial charge on any atom is -0.378 e. The molecule has 0 amide bonds. The quantitative estimate of drug-likeness (QED) is 0.800. The van der Waals surface area contributed by atoms with E-state index in [1.165, 1.54) is 19.3 Å². The second-order valence-corrected chi connectivity index (χ2v) is 5.84. The van der Waals surface area contributed by atoms with E-state index in [1.54, 1.807) is 0 Å². The van der Waals surface area contributed by atoms with Crippen LogP contribution >= 0.6 is 0 Å². The van der Waals surface area contributed by atoms with E-state index in [9.17, 15) is 0 Å². The molecule has 3 unspecified atom stereocenters. The van der Waals surface area contributed by atoms with Crippen LogP contribution in [0.1, 0.15) is 39.5 Å². The standard InChI is InChI=1S/C14H27NO2/c1-3-15-10-12(2)8-13-4-6-17-14(9-13)5-7-16-11-14/h12-13,15H,3-11H2,1-2H3. The van der Waals surface area contributed by atoms with Crippen LogP contribution in [0.3, 0.4) is 0 Å². The second-order valence-electron chi connectivity index (χ2n) is 5.84. The van der Waals surface area contributed by atoms with Gasteiger partial charge in [-0.3, -0.25) is 0 Å². The summed E-state index contributed by atoms with van der Waals surface area (Å²) in [5.41, 5.74) is 0.0841. The Kier molecular flexibility index (Phi) is 4.83. The molecule has 0 aromatic heterocycles. The maximum Gasteiger partial charge on any atom is 0.0939 e. The zero-order valence-corrected chi connectivity index (χ0v) is 11.3. The molecule has 0 aromatic rings. The fourth-order valence-electron chi connectivity index (χ4n) is 3.24. The van der Waals surface area contributed by atoms with Crippen LogP contribution in [-0.4, -0.2) is 38.5 Å². The molecule has 0 saturated carbocycles. The highest BCUT2D eigenvalue weighted by Crippen LogP contribution is 2.37. The lowest BCUT2D eigenvalue weighted by molar-refractivity contribution is -0.100. The van der Waals surface area contributed by atoms with Gasteiger partial charge in [-0.1, -0.05) is 13.8 Å². The fourth-order valence-corrected chi connectivity index (χ4v) is 3.24. The third-order valence-electron chi connectivity index (χ3n) is 4.14. The van der Waals surface area contributed by atoms with Crippen LogP contribution in [0.25, 0.3) is 0 Å². The van der Waals surface area contributed by atoms with Gasteiger partial charge >= 0.3 is 0 Å². The molecule has 2 saturated heterocycles. The van der Waals surface area contributed by atoms with Crippen molar-refractivity contribution >= 4 is 0 Å². The molecule has 1 spiro atoms. The molecule has 3 nitrogen and oxygen atoms in total. The largest absolute Gasteiger partial charge is 0.378 e. The first-order chi connectivity index (χ1) is 8.24. The van der Waals surface area contributed by atoms with Crippen LogP contribution in [0.2, 0.25) is 0 Å². The van der Waals surface area contributed by atoms with Crippen molar-refractivity contribution in [3.63, 3.8) is 0 Å². The van der Waals surface area contributed by atoms with Crippen LogP contribution in [0.4, 0.5) is 0 Å². The van der Waals surface area contributed by atoms with Crippen LogP contribution in [-0.2, 0) is 9.47 Å². The molecule has 2 aliphatic rings. The average Bonchev–Trinajstić information content (AvgIpc) is 2.74. The Hall–Kier alpha value is -0.120. The van der Waals surface area contributed by atoms with Crippen molar-refractivity contribution in [2.45, 2.75) is 45.1 Å². The second kappa shape index (κ2) is 6.17. The van der Waals surface area contributed by atoms with Gasteiger partial charge in [0.2, 0.25) is 0 Å². The fraction of sp³-hybridized carbons (Fsp3) is 1.00. The van der Waals surface area contributed by atoms with Crippen LogP contribution in [0.5, 0.6) is 0 Å². The van der Waals surface area contributed by atoms with Gasteiger partial charge in [0.05, 0.1) is 12.2 Å². The summed E-state index contributed by atoms with van der Waals surface area (Å²) in [6.07, 6.45) is 4.88. The van der Waals surface area contributed by atoms with Crippen LogP contribution in [0.15, 0.2) is 0 Å². The molecule has 100 valence electrons. The van der Waals surface area contributed by atoms with Crippen LogP contribution < -0.4 is 5.32 Å². The van der Waals surface area contributed by atoms with Gasteiger partial charge in [-0.2, -0.15) is 0 Å². The van der Waals surface area contributed by atoms with E-state index in [4.69, 9.17) is 9.47 Å². The zero-order valence-electron chi connectivity index (χ0n) is 11.3. The molecule has 2 fully saturated rings. The molecular weight excluding hydrogens is 214 g/mol. The lowest BCUT2D eigenvalue weighted by Gasteiger charge is -2.38. The normalized spacial score (nSPS) is 35.3. The highest BCUT2D eigenvalue weighted by Gasteiger charge is 2.40. The predicted molar refractivity (Wildman–Crippen MR) is 69.2 cm³/mol. The summed E-state index contributed by atoms with van der Waals surface area (Å²) in [6, 6.07) is 0. The van der Waals surface area contributed by atoms with Crippen molar-refractivity contribution in [1.29, 1.82) is 0 Å². The first-order valence-corrected chi connectivity index (χ1v) is 7.16. The molecule has 3 atom stereocenters. The van der Waals surface area contributed by atoms with Crippen molar-refractivity contribution in [1.82, 2.24) is 5.32 Å². The first kappa shape index (κ1) is 13.3. The van der Waals surface area contributed by atoms with Gasteiger partial charge in [0, 0.05) is 19.6 Å². The minimum absolute atomic E-state index is 0.0841. The van der Waals surface area contributed by atoms with Crippen molar-refractivity contribution in [2.75, 3.05) is 32.9 Å². The third kappa shape index (κ3) is 3.67. The van der Waals surface area contributed by atoms with Crippen molar-refractivity contribution in [3.8, 4) is 0 Å². The summed E-state index contributed by atoms with van der Waals surface area (Å²) >= 11 is 0. The van der Waals surface area contributed by atoms with E-state index in [0.29, 0.717) is 0 Å². The third-order valence-corrected chi connectivity index (χ3v) is 4.14. The molecule has 2 rings (SSSR count). The molecule has 0 bridgehead atoms. The number of hydrogen-bond acceptors (Lipinski definition) is 3. The predicted octanol–water partition coefficient (Wildman–Crippen LogP) is 2.21. The van der Waals surface area contributed by atoms with Gasteiger partial charge in [0.1, 0.15) is 0 Å². The smallest absolute Gasteiger partial charge is 0.0939 e. The van der Waals surface area contributed by atoms with Crippen molar-refractivity contribution in [3.05, 3.63) is 0 Å². The van der Waals surface area contributed by atoms with Crippen LogP contribution in [0, 0.1) is 11.8 Å². The van der Waals surface area contributed by atoms with Crippen molar-refractivity contribution in [2.24, 2.45) is 11.8 Å². The van der Waals surface area contributed by atoms with Gasteiger partial charge in [0.15, 0.2) is 0 Å². The van der Waals surface area contributed by atoms with Gasteiger partial charge in [-0.25, -0.2) is 0 Å². The Bertz CT molecular complexity index is 226. The van der Waals surface area contributed by atoms with Gasteiger partial charge < -0.3 is 14.8 Å². The summed E-state index contributed by atoms with van der Waals surface area (Å²) in [7, 11) is 0. The van der Waals surface area contributed by atoms with E-state index >= 15 is 0 Å². The zero-order chi connectivity index (χ0) is 12.1. The molecule has 2 heterocycles. The Morgan fingerprint density at radius 1 is 1.41 bits per heavy atom. The lowest BCUT2D eigenvalue weighted by Crippen LogP contribution is -2.41. The number of hydrogen-bond donors (Lipinski definition) is 1. The molecule has 0 radical (unpaired) electrons. The van der Waals surface area contributed by atoms with E-state index in [-0.39, 0.29) is 5.60 Å². The maximum atomic E-state index is 5.98. The Labute approximate surface area is 105 Å². The molecule has 0 aromatic carbocycles. The van der Waals surface area contributed by atoms with Crippen molar-refractivity contribution < 1.29 is 9.47 Å². The molecule has 3 heteroatoms. The Morgan fingerprint density at radius 2 is 2.29 bits per heavy atom. The SMILES string of the molecule is CCNCC(C)CC1CCOC2(CCOC2)C1. The van der Waals surface area contributed by atoms with E-state index in [2.05, 4.69) is 19.2 Å². The monoisotopic (exact) mass is 241 g/mol. The summed E-state index contributed by atoms with van der Waals surface area (Å²) in [5, 5.41) is 3.44. The van der Waals surface area contributed by atoms with E-state index in [0.717, 1.165) is 51.2 Å². The molecule has 0 aliphatic carbocycles. The Morgan fingerprint density at radius 3 is 3.00 bits per heavy atom. The van der Waals surface area contributed by atoms with Gasteiger partial charge in [0.25, 0.3) is 0 Å². The summed E-state index contributed by atoms with van der Waals surface area (Å²) < 4.78 is 11.5. The molecule has 2 aliphatic heterocycles. The molecule has 17 heavy (non-hydrogen) atoms. The molecule has 1 N–H and O–H groups in total. The minimum atomic E-state index is 0.0841. The number of ether oxygens (including phenoxy) is 2. The number of rotatable bonds is 5. The lowest BCUT2D eigenvalue weighted by atomic mass is 9.81. The maximum absolute atomic E-state index is 5.98. The summed E-state index contributed by atoms with van der Waals surface area (Å²) in [4.78, 5) is 0. The number of nitrogens with one attached hydrogen (secondary N) is 1. The van der Waals surface area contributed by atoms with Gasteiger partial charge in [-0.05, 0) is 44.2 Å².